The fourth-order valence-electron chi connectivity index (χ4n) is 2.96. The molecular weight excluding hydrogens is 324 g/mol. The van der Waals surface area contributed by atoms with Gasteiger partial charge in [0.05, 0.1) is 24.2 Å². The highest BCUT2D eigenvalue weighted by Crippen LogP contribution is 2.27. The number of furan rings is 1. The van der Waals surface area contributed by atoms with Gasteiger partial charge >= 0.3 is 0 Å². The summed E-state index contributed by atoms with van der Waals surface area (Å²) in [5.41, 5.74) is 3.85. The minimum absolute atomic E-state index is 0.175. The highest BCUT2D eigenvalue weighted by atomic mass is 16.3. The largest absolute Gasteiger partial charge is 0.472 e. The fraction of sp³-hybridized carbons (Fsp3) is 0. The average molecular weight is 338 g/mol. The molecule has 2 aromatic carbocycles. The van der Waals surface area contributed by atoms with Gasteiger partial charge in [0.2, 0.25) is 0 Å². The molecule has 0 aliphatic heterocycles. The van der Waals surface area contributed by atoms with E-state index in [9.17, 15) is 10.1 Å². The van der Waals surface area contributed by atoms with E-state index in [4.69, 9.17) is 4.42 Å². The molecule has 0 aliphatic carbocycles. The quantitative estimate of drug-likeness (QED) is 0.547. The van der Waals surface area contributed by atoms with Crippen LogP contribution in [0, 0.1) is 11.3 Å². The van der Waals surface area contributed by atoms with Crippen LogP contribution < -0.4 is 5.56 Å². The van der Waals surface area contributed by atoms with Crippen molar-refractivity contribution in [1.82, 2.24) is 4.57 Å². The van der Waals surface area contributed by atoms with Crippen LogP contribution in [0.1, 0.15) is 5.56 Å². The summed E-state index contributed by atoms with van der Waals surface area (Å²) in [6.07, 6.45) is 5.02. The predicted molar refractivity (Wildman–Crippen MR) is 99.9 cm³/mol. The summed E-state index contributed by atoms with van der Waals surface area (Å²) in [5.74, 6) is 0. The number of pyridine rings is 1. The molecule has 0 atom stereocenters. The molecule has 0 spiro atoms. The molecule has 4 aromatic rings. The number of rotatable bonds is 3. The fourth-order valence-corrected chi connectivity index (χ4v) is 2.96. The van der Waals surface area contributed by atoms with Crippen LogP contribution in [0.15, 0.2) is 94.7 Å². The zero-order valence-electron chi connectivity index (χ0n) is 13.8. The van der Waals surface area contributed by atoms with Gasteiger partial charge in [-0.2, -0.15) is 5.26 Å². The van der Waals surface area contributed by atoms with Gasteiger partial charge in [-0.3, -0.25) is 9.36 Å². The van der Waals surface area contributed by atoms with Crippen molar-refractivity contribution in [2.24, 2.45) is 0 Å². The van der Waals surface area contributed by atoms with Gasteiger partial charge in [0, 0.05) is 34.1 Å². The maximum absolute atomic E-state index is 13.2. The Kier molecular flexibility index (Phi) is 3.97. The average Bonchev–Trinajstić information content (AvgIpc) is 3.24. The number of nitriles is 1. The van der Waals surface area contributed by atoms with Crippen molar-refractivity contribution in [3.8, 4) is 34.0 Å². The zero-order chi connectivity index (χ0) is 17.9. The van der Waals surface area contributed by atoms with Gasteiger partial charge in [-0.15, -0.1) is 0 Å². The Morgan fingerprint density at radius 1 is 0.885 bits per heavy atom. The van der Waals surface area contributed by atoms with Crippen LogP contribution in [0.3, 0.4) is 0 Å². The van der Waals surface area contributed by atoms with Crippen LogP contribution in [0.5, 0.6) is 0 Å². The Morgan fingerprint density at radius 2 is 1.65 bits per heavy atom. The van der Waals surface area contributed by atoms with Crippen LogP contribution in [0.4, 0.5) is 0 Å². The van der Waals surface area contributed by atoms with E-state index < -0.39 is 0 Å². The molecule has 0 unspecified atom stereocenters. The minimum atomic E-state index is -0.175. The standard InChI is InChI=1S/C22H14N2O2/c23-13-16-6-4-5-9-20(16)21-12-18(17-10-11-26-15-17)14-24(22(21)25)19-7-2-1-3-8-19/h1-12,14-15H. The number of para-hydroxylation sites is 1. The second kappa shape index (κ2) is 6.58. The van der Waals surface area contributed by atoms with E-state index in [1.54, 1.807) is 41.5 Å². The summed E-state index contributed by atoms with van der Waals surface area (Å²) < 4.78 is 6.80. The zero-order valence-corrected chi connectivity index (χ0v) is 13.8. The first-order valence-corrected chi connectivity index (χ1v) is 8.12. The molecule has 4 nitrogen and oxygen atoms in total. The molecule has 0 saturated heterocycles. The van der Waals surface area contributed by atoms with E-state index >= 15 is 0 Å². The number of hydrogen-bond donors (Lipinski definition) is 0. The van der Waals surface area contributed by atoms with Gasteiger partial charge in [0.1, 0.15) is 0 Å². The summed E-state index contributed by atoms with van der Waals surface area (Å²) in [5, 5.41) is 9.44. The molecule has 0 aliphatic rings. The highest BCUT2D eigenvalue weighted by Gasteiger charge is 2.14. The third kappa shape index (κ3) is 2.72. The molecule has 0 bridgehead atoms. The molecule has 0 fully saturated rings. The molecule has 2 aromatic heterocycles. The van der Waals surface area contributed by atoms with Crippen molar-refractivity contribution in [1.29, 1.82) is 5.26 Å². The van der Waals surface area contributed by atoms with Gasteiger partial charge in [-0.05, 0) is 30.3 Å². The van der Waals surface area contributed by atoms with Crippen molar-refractivity contribution in [3.63, 3.8) is 0 Å². The summed E-state index contributed by atoms with van der Waals surface area (Å²) >= 11 is 0. The lowest BCUT2D eigenvalue weighted by atomic mass is 9.99. The van der Waals surface area contributed by atoms with Crippen LogP contribution >= 0.6 is 0 Å². The van der Waals surface area contributed by atoms with E-state index in [1.807, 2.05) is 48.5 Å². The molecule has 0 amide bonds. The first-order chi connectivity index (χ1) is 12.8. The summed E-state index contributed by atoms with van der Waals surface area (Å²) in [4.78, 5) is 13.2. The Morgan fingerprint density at radius 3 is 2.38 bits per heavy atom. The van der Waals surface area contributed by atoms with Crippen molar-refractivity contribution in [2.75, 3.05) is 0 Å². The molecule has 124 valence electrons. The monoisotopic (exact) mass is 338 g/mol. The third-order valence-electron chi connectivity index (χ3n) is 4.24. The van der Waals surface area contributed by atoms with Crippen LogP contribution in [-0.4, -0.2) is 4.57 Å². The Hall–Kier alpha value is -3.84. The normalized spacial score (nSPS) is 10.4. The van der Waals surface area contributed by atoms with Gasteiger partial charge in [-0.25, -0.2) is 0 Å². The van der Waals surface area contributed by atoms with E-state index in [0.717, 1.165) is 16.8 Å². The van der Waals surface area contributed by atoms with Crippen molar-refractivity contribution in [3.05, 3.63) is 101 Å². The van der Waals surface area contributed by atoms with Crippen LogP contribution in [-0.2, 0) is 0 Å². The molecular formula is C22H14N2O2. The van der Waals surface area contributed by atoms with E-state index in [-0.39, 0.29) is 5.56 Å². The SMILES string of the molecule is N#Cc1ccccc1-c1cc(-c2ccoc2)cn(-c2ccccc2)c1=O. The molecule has 2 heterocycles. The van der Waals surface area contributed by atoms with Crippen molar-refractivity contribution >= 4 is 0 Å². The summed E-state index contributed by atoms with van der Waals surface area (Å²) in [7, 11) is 0. The van der Waals surface area contributed by atoms with Crippen molar-refractivity contribution in [2.45, 2.75) is 0 Å². The number of aromatic nitrogens is 1. The van der Waals surface area contributed by atoms with E-state index in [0.29, 0.717) is 16.7 Å². The van der Waals surface area contributed by atoms with Crippen LogP contribution in [0.25, 0.3) is 27.9 Å². The first kappa shape index (κ1) is 15.7. The van der Waals surface area contributed by atoms with Gasteiger partial charge in [0.15, 0.2) is 0 Å². The van der Waals surface area contributed by atoms with Crippen molar-refractivity contribution < 1.29 is 4.42 Å². The molecule has 0 radical (unpaired) electrons. The Bertz CT molecular complexity index is 1150. The predicted octanol–water partition coefficient (Wildman–Crippen LogP) is 4.64. The highest BCUT2D eigenvalue weighted by molar-refractivity contribution is 5.75. The number of benzene rings is 2. The Labute approximate surface area is 150 Å². The molecule has 4 heteroatoms. The lowest BCUT2D eigenvalue weighted by Crippen LogP contribution is -2.20. The molecule has 0 saturated carbocycles. The lowest BCUT2D eigenvalue weighted by molar-refractivity contribution is 0.568. The Balaban J connectivity index is 2.04. The first-order valence-electron chi connectivity index (χ1n) is 8.12. The van der Waals surface area contributed by atoms with E-state index in [1.165, 1.54) is 0 Å². The summed E-state index contributed by atoms with van der Waals surface area (Å²) in [6.45, 7) is 0. The third-order valence-corrected chi connectivity index (χ3v) is 4.24. The van der Waals surface area contributed by atoms with E-state index in [2.05, 4.69) is 6.07 Å². The van der Waals surface area contributed by atoms with Gasteiger partial charge < -0.3 is 4.42 Å². The van der Waals surface area contributed by atoms with Gasteiger partial charge in [-0.1, -0.05) is 36.4 Å². The second-order valence-electron chi connectivity index (χ2n) is 5.82. The molecule has 26 heavy (non-hydrogen) atoms. The van der Waals surface area contributed by atoms with Crippen LogP contribution in [0.2, 0.25) is 0 Å². The lowest BCUT2D eigenvalue weighted by Gasteiger charge is -2.12. The number of hydrogen-bond acceptors (Lipinski definition) is 3. The molecule has 4 rings (SSSR count). The van der Waals surface area contributed by atoms with Gasteiger partial charge in [0.25, 0.3) is 5.56 Å². The maximum Gasteiger partial charge on any atom is 0.263 e. The topological polar surface area (TPSA) is 58.9 Å². The molecule has 0 N–H and O–H groups in total. The smallest absolute Gasteiger partial charge is 0.263 e. The maximum atomic E-state index is 13.2. The summed E-state index contributed by atoms with van der Waals surface area (Å²) in [6, 6.07) is 22.4. The minimum Gasteiger partial charge on any atom is -0.472 e. The second-order valence-corrected chi connectivity index (χ2v) is 5.82. The number of nitrogens with zero attached hydrogens (tertiary/aromatic N) is 2.